The van der Waals surface area contributed by atoms with Crippen molar-refractivity contribution >= 4 is 11.9 Å². The van der Waals surface area contributed by atoms with Crippen molar-refractivity contribution in [1.82, 2.24) is 9.84 Å². The van der Waals surface area contributed by atoms with Gasteiger partial charge in [0.25, 0.3) is 0 Å². The van der Waals surface area contributed by atoms with Crippen molar-refractivity contribution in [1.29, 1.82) is 5.26 Å². The lowest BCUT2D eigenvalue weighted by atomic mass is 9.94. The van der Waals surface area contributed by atoms with Crippen molar-refractivity contribution in [3.05, 3.63) is 0 Å². The molecule has 0 saturated heterocycles. The number of hydrogen-bond acceptors (Lipinski definition) is 4. The zero-order chi connectivity index (χ0) is 9.61. The summed E-state index contributed by atoms with van der Waals surface area (Å²) in [6.45, 7) is 6.63. The van der Waals surface area contributed by atoms with E-state index in [4.69, 9.17) is 5.26 Å². The smallest absolute Gasteiger partial charge is 0.195 e. The number of hydrazine groups is 1. The largest absolute Gasteiger partial charge is 0.238 e. The van der Waals surface area contributed by atoms with Crippen LogP contribution >= 0.6 is 11.9 Å². The predicted octanol–water partition coefficient (Wildman–Crippen LogP) is 1.99. The molecule has 0 aromatic heterocycles. The summed E-state index contributed by atoms with van der Waals surface area (Å²) in [5, 5.41) is 9.79. The molecule has 0 atom stereocenters. The molecule has 12 heavy (non-hydrogen) atoms. The second kappa shape index (κ2) is 5.28. The minimum Gasteiger partial charge on any atom is -0.238 e. The molecule has 0 spiro atoms. The Labute approximate surface area is 79.2 Å². The molecule has 0 aliphatic heterocycles. The van der Waals surface area contributed by atoms with Crippen LogP contribution in [-0.2, 0) is 0 Å². The molecular weight excluding hydrogens is 170 g/mol. The maximum atomic E-state index is 8.39. The first-order chi connectivity index (χ1) is 5.45. The van der Waals surface area contributed by atoms with Crippen LogP contribution in [0.2, 0.25) is 0 Å². The van der Waals surface area contributed by atoms with Gasteiger partial charge in [-0.1, -0.05) is 32.7 Å². The number of nitriles is 1. The van der Waals surface area contributed by atoms with Crippen LogP contribution in [0.3, 0.4) is 0 Å². The SMILES string of the molecule is CN(C#N)NSCCC(C)(C)C. The highest BCUT2D eigenvalue weighted by atomic mass is 32.2. The Morgan fingerprint density at radius 2 is 2.08 bits per heavy atom. The lowest BCUT2D eigenvalue weighted by Crippen LogP contribution is -2.24. The van der Waals surface area contributed by atoms with Crippen molar-refractivity contribution < 1.29 is 0 Å². The molecule has 0 aliphatic carbocycles. The van der Waals surface area contributed by atoms with E-state index in [0.29, 0.717) is 5.41 Å². The van der Waals surface area contributed by atoms with Crippen LogP contribution in [-0.4, -0.2) is 17.8 Å². The van der Waals surface area contributed by atoms with Crippen molar-refractivity contribution in [3.8, 4) is 6.19 Å². The summed E-state index contributed by atoms with van der Waals surface area (Å²) < 4.78 is 0. The first kappa shape index (κ1) is 11.6. The molecule has 1 N–H and O–H groups in total. The quantitative estimate of drug-likeness (QED) is 0.240. The van der Waals surface area contributed by atoms with E-state index in [0.717, 1.165) is 12.2 Å². The fraction of sp³-hybridized carbons (Fsp3) is 0.875. The first-order valence-corrected chi connectivity index (χ1v) is 4.95. The minimum absolute atomic E-state index is 0.375. The molecule has 0 rings (SSSR count). The summed E-state index contributed by atoms with van der Waals surface area (Å²) in [4.78, 5) is 2.89. The molecule has 0 unspecified atom stereocenters. The summed E-state index contributed by atoms with van der Waals surface area (Å²) in [5.74, 6) is 1.02. The van der Waals surface area contributed by atoms with Gasteiger partial charge in [-0.2, -0.15) is 10.1 Å². The summed E-state index contributed by atoms with van der Waals surface area (Å²) in [7, 11) is 1.70. The summed E-state index contributed by atoms with van der Waals surface area (Å²) in [6.07, 6.45) is 3.11. The number of nitrogens with zero attached hydrogens (tertiary/aromatic N) is 2. The van der Waals surface area contributed by atoms with Gasteiger partial charge in [0.15, 0.2) is 6.19 Å². The Morgan fingerprint density at radius 1 is 1.50 bits per heavy atom. The maximum absolute atomic E-state index is 8.39. The molecule has 0 aromatic rings. The molecule has 0 heterocycles. The minimum atomic E-state index is 0.375. The van der Waals surface area contributed by atoms with E-state index in [9.17, 15) is 0 Å². The Hall–Kier alpha value is -0.400. The molecule has 70 valence electrons. The lowest BCUT2D eigenvalue weighted by molar-refractivity contribution is 0.399. The van der Waals surface area contributed by atoms with Crippen LogP contribution in [0, 0.1) is 16.9 Å². The summed E-state index contributed by atoms with van der Waals surface area (Å²) >= 11 is 1.57. The maximum Gasteiger partial charge on any atom is 0.195 e. The average molecular weight is 187 g/mol. The van der Waals surface area contributed by atoms with Gasteiger partial charge in [-0.05, 0) is 11.8 Å². The molecule has 0 bridgehead atoms. The van der Waals surface area contributed by atoms with E-state index in [2.05, 4.69) is 25.6 Å². The van der Waals surface area contributed by atoms with Crippen molar-refractivity contribution in [2.45, 2.75) is 27.2 Å². The molecule has 0 aromatic carbocycles. The highest BCUT2D eigenvalue weighted by Gasteiger charge is 2.09. The van der Waals surface area contributed by atoms with Gasteiger partial charge in [0.2, 0.25) is 0 Å². The van der Waals surface area contributed by atoms with Crippen molar-refractivity contribution in [3.63, 3.8) is 0 Å². The van der Waals surface area contributed by atoms with E-state index in [1.54, 1.807) is 19.0 Å². The number of rotatable bonds is 4. The van der Waals surface area contributed by atoms with Gasteiger partial charge in [-0.3, -0.25) is 0 Å². The highest BCUT2D eigenvalue weighted by molar-refractivity contribution is 7.97. The highest BCUT2D eigenvalue weighted by Crippen LogP contribution is 2.20. The Bertz CT molecular complexity index is 157. The Morgan fingerprint density at radius 3 is 2.50 bits per heavy atom. The fourth-order valence-electron chi connectivity index (χ4n) is 0.520. The predicted molar refractivity (Wildman–Crippen MR) is 53.0 cm³/mol. The number of nitrogens with one attached hydrogen (secondary N) is 1. The third-order valence-electron chi connectivity index (χ3n) is 1.31. The topological polar surface area (TPSA) is 39.1 Å². The monoisotopic (exact) mass is 187 g/mol. The van der Waals surface area contributed by atoms with Crippen LogP contribution in [0.15, 0.2) is 0 Å². The molecule has 0 aliphatic rings. The van der Waals surface area contributed by atoms with E-state index in [1.165, 1.54) is 5.01 Å². The van der Waals surface area contributed by atoms with Gasteiger partial charge in [-0.15, -0.1) is 0 Å². The third-order valence-corrected chi connectivity index (χ3v) is 2.12. The van der Waals surface area contributed by atoms with Crippen molar-refractivity contribution in [2.75, 3.05) is 12.8 Å². The molecule has 3 nitrogen and oxygen atoms in total. The second-order valence-corrected chi connectivity index (χ2v) is 4.79. The Kier molecular flexibility index (Phi) is 5.11. The molecule has 0 radical (unpaired) electrons. The van der Waals surface area contributed by atoms with Crippen LogP contribution < -0.4 is 4.83 Å². The van der Waals surface area contributed by atoms with Gasteiger partial charge in [0.1, 0.15) is 0 Å². The molecule has 0 amide bonds. The summed E-state index contributed by atoms with van der Waals surface area (Å²) in [6, 6.07) is 0. The van der Waals surface area contributed by atoms with Crippen LogP contribution in [0.25, 0.3) is 0 Å². The third kappa shape index (κ3) is 7.70. The van der Waals surface area contributed by atoms with Gasteiger partial charge in [0, 0.05) is 12.8 Å². The van der Waals surface area contributed by atoms with E-state index < -0.39 is 0 Å². The standard InChI is InChI=1S/C8H17N3S/c1-8(2,3)5-6-12-10-11(4)7-9/h10H,5-6H2,1-4H3. The summed E-state index contributed by atoms with van der Waals surface area (Å²) in [5.41, 5.74) is 0.375. The average Bonchev–Trinajstić information content (AvgIpc) is 1.96. The molecule has 0 fully saturated rings. The van der Waals surface area contributed by atoms with Crippen LogP contribution in [0.4, 0.5) is 0 Å². The van der Waals surface area contributed by atoms with Crippen molar-refractivity contribution in [2.24, 2.45) is 5.41 Å². The molecular formula is C8H17N3S. The van der Waals surface area contributed by atoms with Gasteiger partial charge in [-0.25, -0.2) is 5.01 Å². The fourth-order valence-corrected chi connectivity index (χ4v) is 1.56. The van der Waals surface area contributed by atoms with Crippen LogP contribution in [0.5, 0.6) is 0 Å². The normalized spacial score (nSPS) is 10.9. The van der Waals surface area contributed by atoms with E-state index >= 15 is 0 Å². The molecule has 4 heteroatoms. The lowest BCUT2D eigenvalue weighted by Gasteiger charge is -2.18. The van der Waals surface area contributed by atoms with E-state index in [-0.39, 0.29) is 0 Å². The zero-order valence-electron chi connectivity index (χ0n) is 8.22. The van der Waals surface area contributed by atoms with E-state index in [1.807, 2.05) is 6.19 Å². The second-order valence-electron chi connectivity index (χ2n) is 3.91. The Balaban J connectivity index is 3.29. The van der Waals surface area contributed by atoms with Gasteiger partial charge >= 0.3 is 0 Å². The molecule has 0 saturated carbocycles. The first-order valence-electron chi connectivity index (χ1n) is 3.96. The van der Waals surface area contributed by atoms with Gasteiger partial charge in [0.05, 0.1) is 0 Å². The number of hydrogen-bond donors (Lipinski definition) is 1. The van der Waals surface area contributed by atoms with Gasteiger partial charge < -0.3 is 0 Å². The van der Waals surface area contributed by atoms with Crippen LogP contribution in [0.1, 0.15) is 27.2 Å². The zero-order valence-corrected chi connectivity index (χ0v) is 9.03.